The van der Waals surface area contributed by atoms with E-state index in [4.69, 9.17) is 4.74 Å². The van der Waals surface area contributed by atoms with Crippen molar-refractivity contribution in [2.24, 2.45) is 5.92 Å². The van der Waals surface area contributed by atoms with Crippen LogP contribution in [-0.4, -0.2) is 24.3 Å². The van der Waals surface area contributed by atoms with Crippen molar-refractivity contribution in [1.29, 1.82) is 0 Å². The summed E-state index contributed by atoms with van der Waals surface area (Å²) in [6, 6.07) is 15.8. The number of hydrogen-bond donors (Lipinski definition) is 1. The van der Waals surface area contributed by atoms with E-state index in [1.807, 2.05) is 48.5 Å². The number of hydrogen-bond acceptors (Lipinski definition) is 3. The third kappa shape index (κ3) is 7.62. The Morgan fingerprint density at radius 1 is 1.07 bits per heavy atom. The molecule has 1 atom stereocenters. The number of carbonyl (C=O) groups excluding carboxylic acids is 1. The highest BCUT2D eigenvalue weighted by Crippen LogP contribution is 2.22. The maximum Gasteiger partial charge on any atom is 0.333 e. The Labute approximate surface area is 170 Å². The summed E-state index contributed by atoms with van der Waals surface area (Å²) in [5.41, 5.74) is 4.47. The zero-order chi connectivity index (χ0) is 21.2. The predicted octanol–water partition coefficient (Wildman–Crippen LogP) is 5.34. The molecule has 0 aromatic heterocycles. The van der Waals surface area contributed by atoms with Gasteiger partial charge in [0.15, 0.2) is 0 Å². The molecule has 2 aromatic carbocycles. The quantitative estimate of drug-likeness (QED) is 0.433. The van der Waals surface area contributed by atoms with Gasteiger partial charge in [0, 0.05) is 18.1 Å². The number of ether oxygens (including phenoxy) is 1. The lowest BCUT2D eigenvalue weighted by Crippen LogP contribution is -2.19. The summed E-state index contributed by atoms with van der Waals surface area (Å²) < 4.78 is 29.3. The van der Waals surface area contributed by atoms with E-state index in [2.05, 4.69) is 6.58 Å². The molecule has 0 saturated carbocycles. The van der Waals surface area contributed by atoms with Crippen LogP contribution in [0.15, 0.2) is 72.8 Å². The number of carbonyl (C=O) groups is 1. The number of benzene rings is 2. The molecule has 0 amide bonds. The molecule has 0 heterocycles. The fourth-order valence-electron chi connectivity index (χ4n) is 2.87. The van der Waals surface area contributed by atoms with E-state index >= 15 is 0 Å². The molecule has 154 valence electrons. The highest BCUT2D eigenvalue weighted by Gasteiger charge is 2.13. The summed E-state index contributed by atoms with van der Waals surface area (Å²) in [5.74, 6) is -0.625. The number of rotatable bonds is 10. The van der Waals surface area contributed by atoms with Crippen molar-refractivity contribution < 1.29 is 23.4 Å². The maximum absolute atomic E-state index is 12.1. The second-order valence-electron chi connectivity index (χ2n) is 7.06. The van der Waals surface area contributed by atoms with Crippen LogP contribution in [0.4, 0.5) is 8.78 Å². The third-order valence-electron chi connectivity index (χ3n) is 4.55. The second kappa shape index (κ2) is 11.3. The van der Waals surface area contributed by atoms with Crippen molar-refractivity contribution in [2.75, 3.05) is 13.2 Å². The minimum atomic E-state index is -1.64. The van der Waals surface area contributed by atoms with Crippen molar-refractivity contribution in [3.05, 3.63) is 84.0 Å². The van der Waals surface area contributed by atoms with Crippen LogP contribution in [0.1, 0.15) is 24.5 Å². The van der Waals surface area contributed by atoms with Gasteiger partial charge < -0.3 is 9.84 Å². The van der Waals surface area contributed by atoms with Gasteiger partial charge in [0.25, 0.3) is 6.08 Å². The summed E-state index contributed by atoms with van der Waals surface area (Å²) in [6.07, 6.45) is 0.794. The molecule has 2 aromatic rings. The number of aryl methyl sites for hydroxylation is 1. The topological polar surface area (TPSA) is 46.5 Å². The van der Waals surface area contributed by atoms with E-state index in [1.165, 1.54) is 0 Å². The molecule has 5 heteroatoms. The number of esters is 1. The monoisotopic (exact) mass is 400 g/mol. The summed E-state index contributed by atoms with van der Waals surface area (Å²) in [6.45, 7) is 5.19. The van der Waals surface area contributed by atoms with Gasteiger partial charge in [-0.15, -0.1) is 0 Å². The number of allylic oxidation sites excluding steroid dienone is 1. The highest BCUT2D eigenvalue weighted by atomic mass is 19.3. The van der Waals surface area contributed by atoms with Crippen LogP contribution in [0.2, 0.25) is 0 Å². The zero-order valence-corrected chi connectivity index (χ0v) is 16.5. The lowest BCUT2D eigenvalue weighted by atomic mass is 9.97. The first-order chi connectivity index (χ1) is 13.9. The SMILES string of the molecule is C=C(C)C(=O)OCC(CO)Cc1ccc(-c2ccc(CCC=C(F)F)cc2)cc1. The highest BCUT2D eigenvalue weighted by molar-refractivity contribution is 5.86. The van der Waals surface area contributed by atoms with Gasteiger partial charge >= 0.3 is 5.97 Å². The van der Waals surface area contributed by atoms with Crippen LogP contribution in [0, 0.1) is 5.92 Å². The van der Waals surface area contributed by atoms with Crippen molar-refractivity contribution in [2.45, 2.75) is 26.2 Å². The van der Waals surface area contributed by atoms with Gasteiger partial charge in [0.2, 0.25) is 0 Å². The Balaban J connectivity index is 1.94. The molecular formula is C24H26F2O3. The van der Waals surface area contributed by atoms with E-state index < -0.39 is 12.0 Å². The van der Waals surface area contributed by atoms with Crippen molar-refractivity contribution >= 4 is 5.97 Å². The lowest BCUT2D eigenvalue weighted by molar-refractivity contribution is -0.140. The standard InChI is InChI=1S/C24H26F2O3/c1-17(2)24(28)29-16-20(15-27)14-19-8-12-22(13-9-19)21-10-6-18(7-11-21)4-3-5-23(25)26/h5-13,20,27H,1,3-4,14-16H2,2H3. The van der Waals surface area contributed by atoms with E-state index in [9.17, 15) is 18.7 Å². The van der Waals surface area contributed by atoms with E-state index in [0.717, 1.165) is 28.3 Å². The summed E-state index contributed by atoms with van der Waals surface area (Å²) in [7, 11) is 0. The van der Waals surface area contributed by atoms with Crippen LogP contribution in [0.3, 0.4) is 0 Å². The molecule has 1 unspecified atom stereocenters. The third-order valence-corrected chi connectivity index (χ3v) is 4.55. The maximum atomic E-state index is 12.1. The van der Waals surface area contributed by atoms with Crippen LogP contribution < -0.4 is 0 Å². The first kappa shape index (κ1) is 22.5. The van der Waals surface area contributed by atoms with Crippen molar-refractivity contribution in [3.63, 3.8) is 0 Å². The predicted molar refractivity (Wildman–Crippen MR) is 111 cm³/mol. The van der Waals surface area contributed by atoms with Gasteiger partial charge in [-0.3, -0.25) is 0 Å². The zero-order valence-electron chi connectivity index (χ0n) is 16.5. The van der Waals surface area contributed by atoms with Crippen LogP contribution in [0.5, 0.6) is 0 Å². The molecule has 0 aliphatic carbocycles. The Hall–Kier alpha value is -2.79. The van der Waals surface area contributed by atoms with Crippen molar-refractivity contribution in [1.82, 2.24) is 0 Å². The van der Waals surface area contributed by atoms with Crippen LogP contribution in [-0.2, 0) is 22.4 Å². The Morgan fingerprint density at radius 3 is 2.10 bits per heavy atom. The first-order valence-corrected chi connectivity index (χ1v) is 9.52. The Bertz CT molecular complexity index is 835. The molecule has 0 radical (unpaired) electrons. The smallest absolute Gasteiger partial charge is 0.333 e. The van der Waals surface area contributed by atoms with Gasteiger partial charge in [-0.1, -0.05) is 55.1 Å². The molecule has 0 fully saturated rings. The fraction of sp³-hybridized carbons (Fsp3) is 0.292. The van der Waals surface area contributed by atoms with Crippen LogP contribution >= 0.6 is 0 Å². The summed E-state index contributed by atoms with van der Waals surface area (Å²) >= 11 is 0. The van der Waals surface area contributed by atoms with Gasteiger partial charge in [-0.05, 0) is 54.5 Å². The van der Waals surface area contributed by atoms with Gasteiger partial charge in [0.05, 0.1) is 6.61 Å². The average molecular weight is 400 g/mol. The van der Waals surface area contributed by atoms with Crippen molar-refractivity contribution in [3.8, 4) is 11.1 Å². The molecule has 1 N–H and O–H groups in total. The minimum absolute atomic E-state index is 0.0752. The molecule has 0 aliphatic rings. The average Bonchev–Trinajstić information content (AvgIpc) is 2.71. The lowest BCUT2D eigenvalue weighted by Gasteiger charge is -2.15. The van der Waals surface area contributed by atoms with Crippen LogP contribution in [0.25, 0.3) is 11.1 Å². The number of halogens is 2. The second-order valence-corrected chi connectivity index (χ2v) is 7.06. The minimum Gasteiger partial charge on any atom is -0.462 e. The molecule has 29 heavy (non-hydrogen) atoms. The molecule has 3 nitrogen and oxygen atoms in total. The number of aliphatic hydroxyl groups is 1. The van der Waals surface area contributed by atoms with Gasteiger partial charge in [-0.25, -0.2) is 4.79 Å². The molecular weight excluding hydrogens is 374 g/mol. The van der Waals surface area contributed by atoms with Gasteiger partial charge in [-0.2, -0.15) is 8.78 Å². The van der Waals surface area contributed by atoms with Gasteiger partial charge in [0.1, 0.15) is 0 Å². The van der Waals surface area contributed by atoms with E-state index in [0.29, 0.717) is 24.8 Å². The number of aliphatic hydroxyl groups excluding tert-OH is 1. The first-order valence-electron chi connectivity index (χ1n) is 9.52. The Kier molecular flexibility index (Phi) is 8.74. The van der Waals surface area contributed by atoms with E-state index in [-0.39, 0.29) is 19.1 Å². The molecule has 0 saturated heterocycles. The fourth-order valence-corrected chi connectivity index (χ4v) is 2.87. The summed E-state index contributed by atoms with van der Waals surface area (Å²) in [5, 5.41) is 9.53. The largest absolute Gasteiger partial charge is 0.462 e. The summed E-state index contributed by atoms with van der Waals surface area (Å²) in [4.78, 5) is 11.5. The van der Waals surface area contributed by atoms with E-state index in [1.54, 1.807) is 6.92 Å². The molecule has 0 spiro atoms. The Morgan fingerprint density at radius 2 is 1.62 bits per heavy atom. The molecule has 0 bridgehead atoms. The normalized spacial score (nSPS) is 11.6. The molecule has 2 rings (SSSR count). The molecule has 0 aliphatic heterocycles.